The second-order valence-electron chi connectivity index (χ2n) is 5.16. The van der Waals surface area contributed by atoms with Gasteiger partial charge in [-0.3, -0.25) is 0 Å². The normalized spacial score (nSPS) is 10.8. The molecule has 0 heterocycles. The van der Waals surface area contributed by atoms with Gasteiger partial charge in [0.15, 0.2) is 0 Å². The first-order chi connectivity index (χ1) is 7.59. The van der Waals surface area contributed by atoms with Crippen LogP contribution in [0.15, 0.2) is 54.6 Å². The van der Waals surface area contributed by atoms with Gasteiger partial charge in [0.05, 0.1) is 0 Å². The first kappa shape index (κ1) is 13.7. The summed E-state index contributed by atoms with van der Waals surface area (Å²) in [6.07, 6.45) is 0. The molecule has 0 bridgehead atoms. The van der Waals surface area contributed by atoms with Crippen LogP contribution in [0.4, 0.5) is 0 Å². The van der Waals surface area contributed by atoms with E-state index in [4.69, 9.17) is 0 Å². The Balaban J connectivity index is 0.00000144. The van der Waals surface area contributed by atoms with E-state index in [0.717, 1.165) is 0 Å². The van der Waals surface area contributed by atoms with Gasteiger partial charge in [-0.2, -0.15) is 0 Å². The van der Waals surface area contributed by atoms with Crippen LogP contribution in [0.3, 0.4) is 0 Å². The lowest BCUT2D eigenvalue weighted by atomic mass is 9.82. The van der Waals surface area contributed by atoms with Crippen LogP contribution < -0.4 is 0 Å². The highest BCUT2D eigenvalue weighted by atomic mass is 28.1. The summed E-state index contributed by atoms with van der Waals surface area (Å²) in [7, 11) is 0. The van der Waals surface area contributed by atoms with Crippen LogP contribution in [-0.2, 0) is 5.41 Å². The molecule has 0 saturated heterocycles. The summed E-state index contributed by atoms with van der Waals surface area (Å²) in [5, 5.41) is 0. The quantitative estimate of drug-likeness (QED) is 0.674. The van der Waals surface area contributed by atoms with E-state index >= 15 is 0 Å². The lowest BCUT2D eigenvalue weighted by Gasteiger charge is -2.23. The van der Waals surface area contributed by atoms with Crippen molar-refractivity contribution in [3.8, 4) is 11.1 Å². The summed E-state index contributed by atoms with van der Waals surface area (Å²) in [6.45, 7) is 6.78. The zero-order valence-electron chi connectivity index (χ0n) is 10.2. The molecule has 0 saturated carbocycles. The monoisotopic (exact) mass is 242 g/mol. The van der Waals surface area contributed by atoms with Crippen LogP contribution in [0, 0.1) is 0 Å². The molecule has 0 unspecified atom stereocenters. The highest BCUT2D eigenvalue weighted by Gasteiger charge is 2.17. The number of benzene rings is 2. The standard InChI is InChI=1S/C16H18.H4Si/c1-16(2,3)15-12-8-7-11-14(15)13-9-5-4-6-10-13;/h4-12H,1-3H3;1H4. The SMILES string of the molecule is CC(C)(C)c1ccccc1-c1ccccc1.[SiH4]. The van der Waals surface area contributed by atoms with Crippen molar-refractivity contribution in [2.75, 3.05) is 0 Å². The topological polar surface area (TPSA) is 0 Å². The third kappa shape index (κ3) is 3.07. The Hall–Kier alpha value is -1.34. The summed E-state index contributed by atoms with van der Waals surface area (Å²) < 4.78 is 0. The molecule has 2 aromatic carbocycles. The van der Waals surface area contributed by atoms with Crippen LogP contribution >= 0.6 is 0 Å². The second-order valence-corrected chi connectivity index (χ2v) is 5.16. The van der Waals surface area contributed by atoms with E-state index in [-0.39, 0.29) is 16.4 Å². The van der Waals surface area contributed by atoms with E-state index in [1.807, 2.05) is 0 Å². The Labute approximate surface area is 109 Å². The van der Waals surface area contributed by atoms with Gasteiger partial charge in [-0.15, -0.1) is 0 Å². The molecule has 0 aliphatic heterocycles. The van der Waals surface area contributed by atoms with Crippen LogP contribution in [-0.4, -0.2) is 11.0 Å². The van der Waals surface area contributed by atoms with E-state index in [9.17, 15) is 0 Å². The molecule has 0 aromatic heterocycles. The maximum Gasteiger partial charge on any atom is -0.0126 e. The van der Waals surface area contributed by atoms with E-state index in [0.29, 0.717) is 0 Å². The van der Waals surface area contributed by atoms with Crippen molar-refractivity contribution in [2.24, 2.45) is 0 Å². The maximum atomic E-state index is 2.26. The predicted molar refractivity (Wildman–Crippen MR) is 81.9 cm³/mol. The van der Waals surface area contributed by atoms with Crippen molar-refractivity contribution in [2.45, 2.75) is 26.2 Å². The average Bonchev–Trinajstić information content (AvgIpc) is 2.29. The maximum absolute atomic E-state index is 2.26. The van der Waals surface area contributed by atoms with Gasteiger partial charge in [-0.05, 0) is 33.1 Å². The average molecular weight is 242 g/mol. The van der Waals surface area contributed by atoms with Gasteiger partial charge >= 0.3 is 0 Å². The summed E-state index contributed by atoms with van der Waals surface area (Å²) in [4.78, 5) is 0. The van der Waals surface area contributed by atoms with Gasteiger partial charge in [0.2, 0.25) is 0 Å². The fourth-order valence-electron chi connectivity index (χ4n) is 2.01. The number of rotatable bonds is 1. The van der Waals surface area contributed by atoms with Crippen LogP contribution in [0.5, 0.6) is 0 Å². The van der Waals surface area contributed by atoms with Gasteiger partial charge in [0, 0.05) is 0 Å². The molecule has 0 N–H and O–H groups in total. The lowest BCUT2D eigenvalue weighted by Crippen LogP contribution is -2.12. The first-order valence-corrected chi connectivity index (χ1v) is 5.74. The van der Waals surface area contributed by atoms with Crippen LogP contribution in [0.25, 0.3) is 11.1 Å². The highest BCUT2D eigenvalue weighted by Crippen LogP contribution is 2.32. The van der Waals surface area contributed by atoms with Crippen molar-refractivity contribution in [1.29, 1.82) is 0 Å². The molecule has 0 atom stereocenters. The summed E-state index contributed by atoms with van der Waals surface area (Å²) in [6, 6.07) is 19.2. The zero-order chi connectivity index (χ0) is 11.6. The number of hydrogen-bond acceptors (Lipinski definition) is 0. The predicted octanol–water partition coefficient (Wildman–Crippen LogP) is 3.20. The molecule has 2 rings (SSSR count). The fraction of sp³-hybridized carbons (Fsp3) is 0.250. The smallest absolute Gasteiger partial charge is 0.0126 e. The van der Waals surface area contributed by atoms with E-state index in [1.165, 1.54) is 16.7 Å². The van der Waals surface area contributed by atoms with Crippen LogP contribution in [0.2, 0.25) is 0 Å². The molecule has 17 heavy (non-hydrogen) atoms. The van der Waals surface area contributed by atoms with Crippen molar-refractivity contribution in [3.63, 3.8) is 0 Å². The minimum atomic E-state index is 0. The molecule has 90 valence electrons. The van der Waals surface area contributed by atoms with Gasteiger partial charge in [-0.1, -0.05) is 75.4 Å². The highest BCUT2D eigenvalue weighted by molar-refractivity contribution is 5.75. The number of hydrogen-bond donors (Lipinski definition) is 0. The molecule has 2 aromatic rings. The molecular formula is C16H22Si. The largest absolute Gasteiger partial charge is 0.0622 e. The Morgan fingerprint density at radius 3 is 1.82 bits per heavy atom. The summed E-state index contributed by atoms with van der Waals surface area (Å²) in [5.41, 5.74) is 4.23. The minimum absolute atomic E-state index is 0. The van der Waals surface area contributed by atoms with E-state index < -0.39 is 0 Å². The zero-order valence-corrected chi connectivity index (χ0v) is 10.2. The molecule has 0 amide bonds. The Morgan fingerprint density at radius 2 is 1.24 bits per heavy atom. The summed E-state index contributed by atoms with van der Waals surface area (Å²) >= 11 is 0. The van der Waals surface area contributed by atoms with Crippen LogP contribution in [0.1, 0.15) is 26.3 Å². The minimum Gasteiger partial charge on any atom is -0.0622 e. The van der Waals surface area contributed by atoms with E-state index in [1.54, 1.807) is 0 Å². The molecule has 0 aliphatic carbocycles. The van der Waals surface area contributed by atoms with Gasteiger partial charge in [0.1, 0.15) is 0 Å². The van der Waals surface area contributed by atoms with Gasteiger partial charge in [-0.25, -0.2) is 0 Å². The van der Waals surface area contributed by atoms with Gasteiger partial charge in [0.25, 0.3) is 0 Å². The second kappa shape index (κ2) is 5.33. The third-order valence-corrected chi connectivity index (χ3v) is 2.82. The van der Waals surface area contributed by atoms with E-state index in [2.05, 4.69) is 75.4 Å². The van der Waals surface area contributed by atoms with Crippen molar-refractivity contribution in [3.05, 3.63) is 60.2 Å². The molecule has 0 spiro atoms. The van der Waals surface area contributed by atoms with Gasteiger partial charge < -0.3 is 0 Å². The molecule has 0 aliphatic rings. The van der Waals surface area contributed by atoms with Crippen molar-refractivity contribution < 1.29 is 0 Å². The Kier molecular flexibility index (Phi) is 4.30. The van der Waals surface area contributed by atoms with Crippen molar-refractivity contribution in [1.82, 2.24) is 0 Å². The Bertz CT molecular complexity index is 466. The van der Waals surface area contributed by atoms with Crippen molar-refractivity contribution >= 4 is 11.0 Å². The third-order valence-electron chi connectivity index (χ3n) is 2.82. The molecule has 0 nitrogen and oxygen atoms in total. The fourth-order valence-corrected chi connectivity index (χ4v) is 2.01. The lowest BCUT2D eigenvalue weighted by molar-refractivity contribution is 0.592. The molecule has 1 heteroatoms. The molecule has 0 fully saturated rings. The molecule has 0 radical (unpaired) electrons. The molecular weight excluding hydrogens is 220 g/mol. The first-order valence-electron chi connectivity index (χ1n) is 5.74. The summed E-state index contributed by atoms with van der Waals surface area (Å²) in [5.74, 6) is 0. The Morgan fingerprint density at radius 1 is 0.706 bits per heavy atom.